The first-order valence-electron chi connectivity index (χ1n) is 3.91. The van der Waals surface area contributed by atoms with Gasteiger partial charge in [0, 0.05) is 17.2 Å². The summed E-state index contributed by atoms with van der Waals surface area (Å²) in [7, 11) is 0. The lowest BCUT2D eigenvalue weighted by atomic mass is 10.0. The van der Waals surface area contributed by atoms with Gasteiger partial charge in [-0.25, -0.2) is 0 Å². The molecule has 0 spiro atoms. The summed E-state index contributed by atoms with van der Waals surface area (Å²) in [5.74, 6) is -0.364. The average Bonchev–Trinajstić information content (AvgIpc) is 2.16. The van der Waals surface area contributed by atoms with Gasteiger partial charge in [-0.1, -0.05) is 0 Å². The fraction of sp³-hybridized carbons (Fsp3) is 0.111. The topological polar surface area (TPSA) is 77.3 Å². The molecule has 0 atom stereocenters. The van der Waals surface area contributed by atoms with Crippen molar-refractivity contribution in [1.82, 2.24) is 0 Å². The molecule has 0 aliphatic carbocycles. The van der Waals surface area contributed by atoms with Crippen LogP contribution >= 0.6 is 22.6 Å². The molecular weight excluding hydrogens is 313 g/mol. The summed E-state index contributed by atoms with van der Waals surface area (Å²) < 4.78 is 0.338. The maximum atomic E-state index is 11.1. The lowest BCUT2D eigenvalue weighted by molar-refractivity contribution is -0.385. The van der Waals surface area contributed by atoms with E-state index in [1.807, 2.05) is 0 Å². The van der Waals surface area contributed by atoms with Crippen LogP contribution in [-0.4, -0.2) is 17.0 Å². The molecule has 6 heteroatoms. The normalized spacial score (nSPS) is 9.73. The van der Waals surface area contributed by atoms with E-state index in [9.17, 15) is 19.7 Å². The van der Waals surface area contributed by atoms with Gasteiger partial charge < -0.3 is 0 Å². The van der Waals surface area contributed by atoms with E-state index in [1.165, 1.54) is 13.0 Å². The second-order valence-corrected chi connectivity index (χ2v) is 3.98. The van der Waals surface area contributed by atoms with Crippen LogP contribution in [0.15, 0.2) is 12.1 Å². The van der Waals surface area contributed by atoms with Gasteiger partial charge in [-0.2, -0.15) is 0 Å². The van der Waals surface area contributed by atoms with E-state index in [2.05, 4.69) is 0 Å². The highest BCUT2D eigenvalue weighted by molar-refractivity contribution is 14.1. The van der Waals surface area contributed by atoms with Crippen molar-refractivity contribution in [3.8, 4) is 0 Å². The van der Waals surface area contributed by atoms with Crippen LogP contribution in [0.1, 0.15) is 27.6 Å². The van der Waals surface area contributed by atoms with E-state index < -0.39 is 4.92 Å². The highest BCUT2D eigenvalue weighted by atomic mass is 127. The van der Waals surface area contributed by atoms with Gasteiger partial charge in [-0.15, -0.1) is 0 Å². The summed E-state index contributed by atoms with van der Waals surface area (Å²) in [6.45, 7) is 1.26. The number of ketones is 1. The molecule has 0 aliphatic rings. The van der Waals surface area contributed by atoms with Gasteiger partial charge in [0.05, 0.1) is 8.49 Å². The number of nitro benzene ring substituents is 1. The Morgan fingerprint density at radius 3 is 2.53 bits per heavy atom. The first-order chi connectivity index (χ1) is 6.97. The third-order valence-corrected chi connectivity index (χ3v) is 2.69. The van der Waals surface area contributed by atoms with Crippen LogP contribution < -0.4 is 0 Å². The van der Waals surface area contributed by atoms with Crippen molar-refractivity contribution >= 4 is 40.3 Å². The van der Waals surface area contributed by atoms with Crippen molar-refractivity contribution in [3.63, 3.8) is 0 Å². The molecule has 15 heavy (non-hydrogen) atoms. The van der Waals surface area contributed by atoms with Crippen LogP contribution in [0.25, 0.3) is 0 Å². The molecule has 0 bridgehead atoms. The van der Waals surface area contributed by atoms with Gasteiger partial charge in [0.15, 0.2) is 12.1 Å². The molecular formula is C9H6INO4. The third kappa shape index (κ3) is 2.38. The highest BCUT2D eigenvalue weighted by Crippen LogP contribution is 2.24. The minimum absolute atomic E-state index is 0.0807. The molecule has 0 saturated heterocycles. The van der Waals surface area contributed by atoms with E-state index in [4.69, 9.17) is 0 Å². The van der Waals surface area contributed by atoms with Crippen molar-refractivity contribution in [3.05, 3.63) is 36.9 Å². The number of nitrogens with zero attached hydrogens (tertiary/aromatic N) is 1. The summed E-state index contributed by atoms with van der Waals surface area (Å²) in [6.07, 6.45) is 0.516. The molecule has 0 radical (unpaired) electrons. The summed E-state index contributed by atoms with van der Waals surface area (Å²) >= 11 is 1.75. The van der Waals surface area contributed by atoms with Gasteiger partial charge in [-0.05, 0) is 35.6 Å². The zero-order chi connectivity index (χ0) is 11.6. The van der Waals surface area contributed by atoms with Crippen molar-refractivity contribution in [1.29, 1.82) is 0 Å². The van der Waals surface area contributed by atoms with E-state index >= 15 is 0 Å². The Labute approximate surface area is 98.8 Å². The van der Waals surface area contributed by atoms with E-state index in [1.54, 1.807) is 22.6 Å². The Balaban J connectivity index is 3.50. The lowest BCUT2D eigenvalue weighted by Gasteiger charge is -2.02. The van der Waals surface area contributed by atoms with Crippen LogP contribution in [0.2, 0.25) is 0 Å². The zero-order valence-corrected chi connectivity index (χ0v) is 9.85. The molecule has 0 saturated carbocycles. The van der Waals surface area contributed by atoms with Crippen LogP contribution in [0.3, 0.4) is 0 Å². The highest BCUT2D eigenvalue weighted by Gasteiger charge is 2.18. The van der Waals surface area contributed by atoms with Gasteiger partial charge in [0.25, 0.3) is 5.69 Å². The van der Waals surface area contributed by atoms with Crippen molar-refractivity contribution in [2.75, 3.05) is 0 Å². The number of Topliss-reactive ketones (excluding diaryl/α,β-unsaturated/α-hetero) is 1. The molecule has 0 aromatic heterocycles. The van der Waals surface area contributed by atoms with Crippen LogP contribution in [0.4, 0.5) is 5.69 Å². The Morgan fingerprint density at radius 2 is 2.13 bits per heavy atom. The van der Waals surface area contributed by atoms with E-state index in [-0.39, 0.29) is 22.6 Å². The first kappa shape index (κ1) is 11.8. The minimum Gasteiger partial charge on any atom is -0.298 e. The molecule has 1 aromatic rings. The second kappa shape index (κ2) is 4.47. The Hall–Kier alpha value is -1.31. The molecule has 78 valence electrons. The number of hydrogen-bond acceptors (Lipinski definition) is 4. The maximum absolute atomic E-state index is 11.1. The van der Waals surface area contributed by atoms with Crippen molar-refractivity contribution in [2.24, 2.45) is 0 Å². The molecule has 1 rings (SSSR count). The lowest BCUT2D eigenvalue weighted by Crippen LogP contribution is -2.02. The third-order valence-electron chi connectivity index (χ3n) is 1.82. The number of halogens is 1. The Bertz CT molecular complexity index is 456. The standard InChI is InChI=1S/C9H6INO4/c1-5(13)7-3-9(11(14)15)8(10)2-6(7)4-12/h2-4H,1H3. The monoisotopic (exact) mass is 319 g/mol. The van der Waals surface area contributed by atoms with Crippen LogP contribution in [-0.2, 0) is 0 Å². The van der Waals surface area contributed by atoms with E-state index in [0.717, 1.165) is 6.07 Å². The SMILES string of the molecule is CC(=O)c1cc([N+](=O)[O-])c(I)cc1C=O. The van der Waals surface area contributed by atoms with E-state index in [0.29, 0.717) is 9.86 Å². The van der Waals surface area contributed by atoms with Crippen LogP contribution in [0, 0.1) is 13.7 Å². The summed E-state index contributed by atoms with van der Waals surface area (Å²) in [5, 5.41) is 10.6. The maximum Gasteiger partial charge on any atom is 0.283 e. The zero-order valence-electron chi connectivity index (χ0n) is 7.69. The molecule has 0 N–H and O–H groups in total. The smallest absolute Gasteiger partial charge is 0.283 e. The summed E-state index contributed by atoms with van der Waals surface area (Å²) in [6, 6.07) is 2.47. The minimum atomic E-state index is -0.581. The number of carbonyl (C=O) groups excluding carboxylic acids is 2. The molecule has 0 unspecified atom stereocenters. The number of aldehydes is 1. The van der Waals surface area contributed by atoms with Crippen molar-refractivity contribution < 1.29 is 14.5 Å². The fourth-order valence-electron chi connectivity index (χ4n) is 1.12. The Morgan fingerprint density at radius 1 is 1.53 bits per heavy atom. The predicted molar refractivity (Wildman–Crippen MR) is 61.2 cm³/mol. The Kier molecular flexibility index (Phi) is 3.51. The molecule has 0 heterocycles. The molecule has 0 amide bonds. The molecule has 0 aliphatic heterocycles. The number of benzene rings is 1. The predicted octanol–water partition coefficient (Wildman–Crippen LogP) is 2.21. The van der Waals surface area contributed by atoms with Gasteiger partial charge in [-0.3, -0.25) is 19.7 Å². The number of rotatable bonds is 3. The number of carbonyl (C=O) groups is 2. The van der Waals surface area contributed by atoms with Gasteiger partial charge >= 0.3 is 0 Å². The largest absolute Gasteiger partial charge is 0.298 e. The number of nitro groups is 1. The number of hydrogen-bond donors (Lipinski definition) is 0. The molecule has 5 nitrogen and oxygen atoms in total. The van der Waals surface area contributed by atoms with Gasteiger partial charge in [0.1, 0.15) is 0 Å². The average molecular weight is 319 g/mol. The van der Waals surface area contributed by atoms with Crippen molar-refractivity contribution in [2.45, 2.75) is 6.92 Å². The first-order valence-corrected chi connectivity index (χ1v) is 4.99. The molecule has 0 fully saturated rings. The summed E-state index contributed by atoms with van der Waals surface area (Å²) in [5.41, 5.74) is 0.0982. The van der Waals surface area contributed by atoms with Crippen LogP contribution in [0.5, 0.6) is 0 Å². The second-order valence-electron chi connectivity index (χ2n) is 2.82. The quantitative estimate of drug-likeness (QED) is 0.281. The fourth-order valence-corrected chi connectivity index (χ4v) is 1.81. The summed E-state index contributed by atoms with van der Waals surface area (Å²) in [4.78, 5) is 31.8. The van der Waals surface area contributed by atoms with Gasteiger partial charge in [0.2, 0.25) is 0 Å². The molecule has 1 aromatic carbocycles.